The number of benzene rings is 4. The quantitative estimate of drug-likeness (QED) is 0.133. The summed E-state index contributed by atoms with van der Waals surface area (Å²) in [5, 5.41) is 11.0. The highest BCUT2D eigenvalue weighted by Gasteiger charge is 2.32. The molecule has 1 aliphatic rings. The molecular formula is C34H27Cl3N2O6. The van der Waals surface area contributed by atoms with Gasteiger partial charge in [-0.2, -0.15) is 5.26 Å². The Hall–Kier alpha value is -4.55. The van der Waals surface area contributed by atoms with Gasteiger partial charge in [-0.25, -0.2) is 4.79 Å². The third-order valence-electron chi connectivity index (χ3n) is 6.83. The topological polar surface area (TPSA) is 113 Å². The van der Waals surface area contributed by atoms with E-state index in [1.807, 2.05) is 31.2 Å². The standard InChI is InChI=1S/C34H27Cl3N2O6/c1-3-41-30-15-20(7-12-28(30)43-18-19-5-8-22(35)9-6-19)31-24-11-10-23(16-29(24)45-33(39)25(31)17-38)44-34(40)21-13-26(36)32(42-4-2)27(37)14-21/h5-16,31H,3-4,18,39H2,1-2H3. The van der Waals surface area contributed by atoms with Gasteiger partial charge in [-0.05, 0) is 67.4 Å². The molecule has 8 nitrogen and oxygen atoms in total. The van der Waals surface area contributed by atoms with Crippen LogP contribution in [0.1, 0.15) is 46.8 Å². The zero-order valence-electron chi connectivity index (χ0n) is 24.2. The Labute approximate surface area is 275 Å². The molecule has 1 heterocycles. The van der Waals surface area contributed by atoms with Crippen molar-refractivity contribution in [2.45, 2.75) is 26.4 Å². The predicted octanol–water partition coefficient (Wildman–Crippen LogP) is 8.46. The molecule has 11 heteroatoms. The molecule has 0 spiro atoms. The van der Waals surface area contributed by atoms with Gasteiger partial charge in [0, 0.05) is 16.7 Å². The van der Waals surface area contributed by atoms with Gasteiger partial charge < -0.3 is 29.4 Å². The van der Waals surface area contributed by atoms with E-state index in [2.05, 4.69) is 6.07 Å². The normalized spacial score (nSPS) is 13.7. The fraction of sp³-hybridized carbons (Fsp3) is 0.176. The Morgan fingerprint density at radius 1 is 0.889 bits per heavy atom. The van der Waals surface area contributed by atoms with Crippen LogP contribution in [0.2, 0.25) is 15.1 Å². The second kappa shape index (κ2) is 14.0. The summed E-state index contributed by atoms with van der Waals surface area (Å²) < 4.78 is 28.8. The van der Waals surface area contributed by atoms with Crippen LogP contribution in [-0.2, 0) is 6.61 Å². The van der Waals surface area contributed by atoms with E-state index in [0.29, 0.717) is 47.7 Å². The number of ether oxygens (including phenoxy) is 5. The largest absolute Gasteiger partial charge is 0.491 e. The third-order valence-corrected chi connectivity index (χ3v) is 7.65. The van der Waals surface area contributed by atoms with Crippen LogP contribution in [0.4, 0.5) is 0 Å². The number of carbonyl (C=O) groups is 1. The summed E-state index contributed by atoms with van der Waals surface area (Å²) in [6.07, 6.45) is 0. The SMILES string of the molecule is CCOc1cc(C2C(C#N)=C(N)Oc3cc(OC(=O)c4cc(Cl)c(OCC)c(Cl)c4)ccc32)ccc1OCc1ccc(Cl)cc1. The Bertz CT molecular complexity index is 1800. The summed E-state index contributed by atoms with van der Waals surface area (Å²) in [5.41, 5.74) is 8.89. The maximum atomic E-state index is 13.0. The van der Waals surface area contributed by atoms with E-state index in [4.69, 9.17) is 64.2 Å². The van der Waals surface area contributed by atoms with Crippen LogP contribution in [0.15, 0.2) is 84.3 Å². The molecule has 0 radical (unpaired) electrons. The first-order chi connectivity index (χ1) is 21.7. The van der Waals surface area contributed by atoms with Crippen molar-refractivity contribution in [2.75, 3.05) is 13.2 Å². The predicted molar refractivity (Wildman–Crippen MR) is 172 cm³/mol. The number of nitrogens with zero attached hydrogens (tertiary/aromatic N) is 1. The minimum Gasteiger partial charge on any atom is -0.491 e. The van der Waals surface area contributed by atoms with E-state index in [-0.39, 0.29) is 38.6 Å². The molecule has 1 aliphatic heterocycles. The van der Waals surface area contributed by atoms with Gasteiger partial charge in [0.1, 0.15) is 29.7 Å². The lowest BCUT2D eigenvalue weighted by Crippen LogP contribution is -2.21. The molecular weight excluding hydrogens is 639 g/mol. The van der Waals surface area contributed by atoms with E-state index >= 15 is 0 Å². The summed E-state index contributed by atoms with van der Waals surface area (Å²) in [6.45, 7) is 4.73. The van der Waals surface area contributed by atoms with Gasteiger partial charge in [-0.15, -0.1) is 0 Å². The number of allylic oxidation sites excluding steroid dienone is 1. The van der Waals surface area contributed by atoms with E-state index in [1.165, 1.54) is 18.2 Å². The van der Waals surface area contributed by atoms with Crippen molar-refractivity contribution in [3.63, 3.8) is 0 Å². The summed E-state index contributed by atoms with van der Waals surface area (Å²) in [4.78, 5) is 13.0. The highest BCUT2D eigenvalue weighted by molar-refractivity contribution is 6.37. The molecule has 0 aliphatic carbocycles. The van der Waals surface area contributed by atoms with Gasteiger partial charge in [0.05, 0.1) is 34.7 Å². The van der Waals surface area contributed by atoms with Crippen LogP contribution in [0.5, 0.6) is 28.7 Å². The average molecular weight is 666 g/mol. The highest BCUT2D eigenvalue weighted by Crippen LogP contribution is 2.45. The van der Waals surface area contributed by atoms with E-state index in [9.17, 15) is 10.1 Å². The van der Waals surface area contributed by atoms with Gasteiger partial charge >= 0.3 is 5.97 Å². The molecule has 45 heavy (non-hydrogen) atoms. The fourth-order valence-electron chi connectivity index (χ4n) is 4.80. The summed E-state index contributed by atoms with van der Waals surface area (Å²) in [7, 11) is 0. The third kappa shape index (κ3) is 7.07. The molecule has 0 amide bonds. The van der Waals surface area contributed by atoms with Gasteiger partial charge in [0.25, 0.3) is 0 Å². The van der Waals surface area contributed by atoms with E-state index < -0.39 is 11.9 Å². The summed E-state index contributed by atoms with van der Waals surface area (Å²) >= 11 is 18.5. The van der Waals surface area contributed by atoms with Gasteiger partial charge in [0.15, 0.2) is 17.2 Å². The van der Waals surface area contributed by atoms with Crippen molar-refractivity contribution in [1.29, 1.82) is 5.26 Å². The van der Waals surface area contributed by atoms with Crippen LogP contribution in [0.25, 0.3) is 0 Å². The molecule has 230 valence electrons. The maximum Gasteiger partial charge on any atom is 0.343 e. The number of carbonyl (C=O) groups excluding carboxylic acids is 1. The van der Waals surface area contributed by atoms with Crippen LogP contribution in [0.3, 0.4) is 0 Å². The summed E-state index contributed by atoms with van der Waals surface area (Å²) in [5.74, 6) is 0.501. The zero-order valence-corrected chi connectivity index (χ0v) is 26.5. The molecule has 0 saturated heterocycles. The average Bonchev–Trinajstić information content (AvgIpc) is 3.02. The molecule has 1 atom stereocenters. The second-order valence-corrected chi connectivity index (χ2v) is 11.0. The maximum absolute atomic E-state index is 13.0. The first kappa shape index (κ1) is 31.9. The lowest BCUT2D eigenvalue weighted by molar-refractivity contribution is 0.0734. The van der Waals surface area contributed by atoms with Crippen molar-refractivity contribution >= 4 is 40.8 Å². The van der Waals surface area contributed by atoms with Crippen LogP contribution in [-0.4, -0.2) is 19.2 Å². The molecule has 0 fully saturated rings. The molecule has 4 aromatic carbocycles. The molecule has 2 N–H and O–H groups in total. The summed E-state index contributed by atoms with van der Waals surface area (Å²) in [6, 6.07) is 22.7. The fourth-order valence-corrected chi connectivity index (χ4v) is 5.52. The van der Waals surface area contributed by atoms with Crippen molar-refractivity contribution in [3.05, 3.63) is 122 Å². The van der Waals surface area contributed by atoms with Crippen molar-refractivity contribution in [3.8, 4) is 34.8 Å². The Morgan fingerprint density at radius 3 is 2.27 bits per heavy atom. The van der Waals surface area contributed by atoms with Crippen LogP contribution < -0.4 is 29.4 Å². The minimum atomic E-state index is -0.689. The molecule has 4 aromatic rings. The zero-order chi connectivity index (χ0) is 32.1. The number of nitriles is 1. The number of hydrogen-bond acceptors (Lipinski definition) is 8. The number of halogens is 3. The van der Waals surface area contributed by atoms with Gasteiger partial charge in [0.2, 0.25) is 5.88 Å². The van der Waals surface area contributed by atoms with E-state index in [0.717, 1.165) is 11.1 Å². The van der Waals surface area contributed by atoms with Crippen molar-refractivity contribution < 1.29 is 28.5 Å². The van der Waals surface area contributed by atoms with Gasteiger partial charge in [-0.1, -0.05) is 59.1 Å². The molecule has 0 aromatic heterocycles. The van der Waals surface area contributed by atoms with Crippen molar-refractivity contribution in [2.24, 2.45) is 5.73 Å². The number of nitrogens with two attached hydrogens (primary N) is 1. The molecule has 0 bridgehead atoms. The Morgan fingerprint density at radius 2 is 1.60 bits per heavy atom. The first-order valence-electron chi connectivity index (χ1n) is 13.9. The highest BCUT2D eigenvalue weighted by atomic mass is 35.5. The first-order valence-corrected chi connectivity index (χ1v) is 15.0. The number of fused-ring (bicyclic) bond motifs is 1. The number of hydrogen-bond donors (Lipinski definition) is 1. The minimum absolute atomic E-state index is 0.0652. The van der Waals surface area contributed by atoms with Crippen LogP contribution >= 0.6 is 34.8 Å². The number of esters is 1. The van der Waals surface area contributed by atoms with Crippen LogP contribution in [0, 0.1) is 11.3 Å². The Kier molecular flexibility index (Phi) is 9.94. The second-order valence-electron chi connectivity index (χ2n) is 9.77. The van der Waals surface area contributed by atoms with Gasteiger partial charge in [-0.3, -0.25) is 0 Å². The molecule has 5 rings (SSSR count). The lowest BCUT2D eigenvalue weighted by atomic mass is 9.83. The lowest BCUT2D eigenvalue weighted by Gasteiger charge is -2.27. The molecule has 0 saturated carbocycles. The molecule has 1 unspecified atom stereocenters. The number of rotatable bonds is 10. The monoisotopic (exact) mass is 664 g/mol. The smallest absolute Gasteiger partial charge is 0.343 e. The Balaban J connectivity index is 1.43. The van der Waals surface area contributed by atoms with Crippen molar-refractivity contribution in [1.82, 2.24) is 0 Å². The van der Waals surface area contributed by atoms with E-state index in [1.54, 1.807) is 37.3 Å².